The van der Waals surface area contributed by atoms with Gasteiger partial charge in [0.2, 0.25) is 0 Å². The molecule has 0 aliphatic carbocycles. The Morgan fingerprint density at radius 3 is 1.90 bits per heavy atom. The normalized spacial score (nSPS) is 11.3. The van der Waals surface area contributed by atoms with Gasteiger partial charge < -0.3 is 0 Å². The Hall–Kier alpha value is -0.0500. The molecule has 0 nitrogen and oxygen atoms in total. The van der Waals surface area contributed by atoms with Crippen LogP contribution < -0.4 is 0 Å². The number of aryl methyl sites for hydroxylation is 1. The van der Waals surface area contributed by atoms with E-state index in [-0.39, 0.29) is 0 Å². The van der Waals surface area contributed by atoms with Crippen LogP contribution in [0.5, 0.6) is 0 Å². The molecule has 0 spiro atoms. The van der Waals surface area contributed by atoms with E-state index in [9.17, 15) is 0 Å². The summed E-state index contributed by atoms with van der Waals surface area (Å²) in [4.78, 5) is 4.74. The molecule has 0 N–H and O–H groups in total. The molecule has 0 atom stereocenters. The van der Waals surface area contributed by atoms with E-state index in [4.69, 9.17) is 0 Å². The molecule has 56 valence electrons. The third-order valence-electron chi connectivity index (χ3n) is 1.45. The van der Waals surface area contributed by atoms with Crippen LogP contribution in [-0.2, 0) is 0 Å². The van der Waals surface area contributed by atoms with Gasteiger partial charge in [-0.15, -0.1) is 0 Å². The number of hydrogen-bond acceptors (Lipinski definition) is 0. The van der Waals surface area contributed by atoms with E-state index in [0.717, 1.165) is 0 Å². The molecule has 1 aromatic rings. The minimum absolute atomic E-state index is 0.703. The molecule has 0 saturated heterocycles. The van der Waals surface area contributed by atoms with Crippen molar-refractivity contribution in [3.63, 3.8) is 0 Å². The van der Waals surface area contributed by atoms with Crippen molar-refractivity contribution < 1.29 is 0 Å². The van der Waals surface area contributed by atoms with E-state index in [1.165, 1.54) is 5.56 Å². The first-order chi connectivity index (χ1) is 4.70. The SMILES string of the molecule is Cc1ccc(I(C)C)cc1. The van der Waals surface area contributed by atoms with E-state index in [1.807, 2.05) is 0 Å². The average Bonchev–Trinajstić information content (AvgIpc) is 1.88. The Morgan fingerprint density at radius 1 is 1.00 bits per heavy atom. The van der Waals surface area contributed by atoms with Gasteiger partial charge in [-0.2, -0.15) is 0 Å². The molecule has 0 radical (unpaired) electrons. The van der Waals surface area contributed by atoms with E-state index < -0.39 is 19.8 Å². The second-order valence-electron chi connectivity index (χ2n) is 2.55. The summed E-state index contributed by atoms with van der Waals surface area (Å²) in [6.07, 6.45) is 0. The summed E-state index contributed by atoms with van der Waals surface area (Å²) in [5, 5.41) is 0. The predicted molar refractivity (Wildman–Crippen MR) is 55.7 cm³/mol. The molecule has 1 heteroatoms. The number of benzene rings is 1. The third kappa shape index (κ3) is 1.97. The molecule has 0 saturated carbocycles. The molecule has 0 bridgehead atoms. The summed E-state index contributed by atoms with van der Waals surface area (Å²) in [6.45, 7) is 2.13. The molecule has 0 aliphatic heterocycles. The van der Waals surface area contributed by atoms with Crippen LogP contribution >= 0.6 is 19.8 Å². The van der Waals surface area contributed by atoms with Gasteiger partial charge >= 0.3 is 70.0 Å². The number of halogens is 1. The van der Waals surface area contributed by atoms with Crippen molar-refractivity contribution in [3.05, 3.63) is 33.4 Å². The van der Waals surface area contributed by atoms with Crippen molar-refractivity contribution in [1.82, 2.24) is 0 Å². The topological polar surface area (TPSA) is 0 Å². The Labute approximate surface area is 70.0 Å². The van der Waals surface area contributed by atoms with Crippen LogP contribution in [0.1, 0.15) is 5.56 Å². The van der Waals surface area contributed by atoms with Gasteiger partial charge in [0.15, 0.2) is 0 Å². The molecular formula is C9H13I. The van der Waals surface area contributed by atoms with E-state index >= 15 is 0 Å². The molecule has 0 aliphatic rings. The molecule has 1 rings (SSSR count). The Balaban J connectivity index is 2.89. The molecule has 0 unspecified atom stereocenters. The molecule has 0 heterocycles. The van der Waals surface area contributed by atoms with Crippen LogP contribution in [0.15, 0.2) is 24.3 Å². The molecule has 10 heavy (non-hydrogen) atoms. The van der Waals surface area contributed by atoms with Gasteiger partial charge in [0.25, 0.3) is 0 Å². The fourth-order valence-electron chi connectivity index (χ4n) is 0.785. The summed E-state index contributed by atoms with van der Waals surface area (Å²) in [5.41, 5.74) is 1.36. The maximum absolute atomic E-state index is 2.37. The van der Waals surface area contributed by atoms with Crippen molar-refractivity contribution in [3.8, 4) is 0 Å². The first-order valence-electron chi connectivity index (χ1n) is 3.27. The van der Waals surface area contributed by atoms with Gasteiger partial charge in [-0.05, 0) is 0 Å². The summed E-state index contributed by atoms with van der Waals surface area (Å²) in [6, 6.07) is 8.93. The van der Waals surface area contributed by atoms with Gasteiger partial charge in [0.05, 0.1) is 0 Å². The predicted octanol–water partition coefficient (Wildman–Crippen LogP) is 2.93. The quantitative estimate of drug-likeness (QED) is 0.529. The zero-order valence-electron chi connectivity index (χ0n) is 6.69. The van der Waals surface area contributed by atoms with Gasteiger partial charge in [-0.25, -0.2) is 0 Å². The molecule has 0 fully saturated rings. The fraction of sp³-hybridized carbons (Fsp3) is 0.333. The zero-order chi connectivity index (χ0) is 7.56. The van der Waals surface area contributed by atoms with Crippen LogP contribution in [-0.4, -0.2) is 9.86 Å². The first-order valence-corrected chi connectivity index (χ1v) is 8.66. The minimum atomic E-state index is -0.703. The second kappa shape index (κ2) is 3.37. The summed E-state index contributed by atoms with van der Waals surface area (Å²) in [7, 11) is 0. The first kappa shape index (κ1) is 8.05. The number of alkyl halides is 2. The van der Waals surface area contributed by atoms with Crippen molar-refractivity contribution in [2.45, 2.75) is 6.92 Å². The summed E-state index contributed by atoms with van der Waals surface area (Å²) in [5.74, 6) is 0. The molecule has 0 aromatic heterocycles. The van der Waals surface area contributed by atoms with Crippen molar-refractivity contribution in [2.24, 2.45) is 0 Å². The molecule has 1 aromatic carbocycles. The van der Waals surface area contributed by atoms with E-state index in [2.05, 4.69) is 41.1 Å². The van der Waals surface area contributed by atoms with Gasteiger partial charge in [-0.1, -0.05) is 0 Å². The van der Waals surface area contributed by atoms with Crippen LogP contribution in [0.2, 0.25) is 0 Å². The fourth-order valence-corrected chi connectivity index (χ4v) is 2.58. The van der Waals surface area contributed by atoms with Gasteiger partial charge in [0.1, 0.15) is 0 Å². The molecular weight excluding hydrogens is 235 g/mol. The van der Waals surface area contributed by atoms with E-state index in [1.54, 1.807) is 3.57 Å². The Morgan fingerprint density at radius 2 is 1.50 bits per heavy atom. The van der Waals surface area contributed by atoms with Gasteiger partial charge in [-0.3, -0.25) is 0 Å². The van der Waals surface area contributed by atoms with Crippen molar-refractivity contribution in [2.75, 3.05) is 9.86 Å². The van der Waals surface area contributed by atoms with Crippen molar-refractivity contribution in [1.29, 1.82) is 0 Å². The number of rotatable bonds is 1. The van der Waals surface area contributed by atoms with Crippen LogP contribution in [0.3, 0.4) is 0 Å². The van der Waals surface area contributed by atoms with Crippen LogP contribution in [0.25, 0.3) is 0 Å². The zero-order valence-corrected chi connectivity index (χ0v) is 8.84. The van der Waals surface area contributed by atoms with E-state index in [0.29, 0.717) is 0 Å². The maximum atomic E-state index is 2.37. The van der Waals surface area contributed by atoms with Crippen LogP contribution in [0.4, 0.5) is 0 Å². The number of hydrogen-bond donors (Lipinski definition) is 0. The van der Waals surface area contributed by atoms with Crippen molar-refractivity contribution >= 4 is 19.8 Å². The standard InChI is InChI=1S/C9H13I/c1-8-4-6-9(7-5-8)10(2)3/h4-7H,1-3H3. The van der Waals surface area contributed by atoms with Gasteiger partial charge in [0, 0.05) is 0 Å². The third-order valence-corrected chi connectivity index (χ3v) is 4.66. The second-order valence-corrected chi connectivity index (χ2v) is 8.11. The summed E-state index contributed by atoms with van der Waals surface area (Å²) < 4.78 is 1.58. The summed E-state index contributed by atoms with van der Waals surface area (Å²) >= 11 is -0.703. The molecule has 0 amide bonds. The Kier molecular flexibility index (Phi) is 2.72. The monoisotopic (exact) mass is 248 g/mol. The Bertz CT molecular complexity index is 198. The van der Waals surface area contributed by atoms with Crippen LogP contribution in [0, 0.1) is 10.5 Å². The average molecular weight is 248 g/mol.